The number of anilines is 1. The molecule has 0 radical (unpaired) electrons. The van der Waals surface area contributed by atoms with Crippen LogP contribution in [-0.4, -0.2) is 42.5 Å². The largest absolute Gasteiger partial charge is 0.376 e. The molecule has 3 rings (SSSR count). The van der Waals surface area contributed by atoms with E-state index in [0.717, 1.165) is 36.1 Å². The molecule has 1 N–H and O–H groups in total. The summed E-state index contributed by atoms with van der Waals surface area (Å²) in [6, 6.07) is 8.20. The normalized spacial score (nSPS) is 15.9. The number of carbonyl (C=O) groups excluding carboxylic acids is 2. The molecule has 2 aromatic rings. The van der Waals surface area contributed by atoms with Crippen molar-refractivity contribution in [1.29, 1.82) is 0 Å². The monoisotopic (exact) mass is 402 g/mol. The molecule has 0 spiro atoms. The first-order valence-corrected chi connectivity index (χ1v) is 9.56. The average Bonchev–Trinajstić information content (AvgIpc) is 3.16. The Morgan fingerprint density at radius 1 is 1.17 bits per heavy atom. The van der Waals surface area contributed by atoms with Gasteiger partial charge in [-0.05, 0) is 56.0 Å². The summed E-state index contributed by atoms with van der Waals surface area (Å²) in [5.41, 5.74) is 2.49. The lowest BCUT2D eigenvalue weighted by atomic mass is 10.1. The minimum absolute atomic E-state index is 0.139. The number of nitrogens with zero attached hydrogens (tertiary/aromatic N) is 1. The number of benzene rings is 2. The lowest BCUT2D eigenvalue weighted by Crippen LogP contribution is -2.42. The summed E-state index contributed by atoms with van der Waals surface area (Å²) in [6.45, 7) is 4.36. The van der Waals surface area contributed by atoms with Crippen molar-refractivity contribution in [2.24, 2.45) is 0 Å². The van der Waals surface area contributed by atoms with Gasteiger partial charge in [0.15, 0.2) is 0 Å². The highest BCUT2D eigenvalue weighted by Crippen LogP contribution is 2.19. The van der Waals surface area contributed by atoms with Crippen molar-refractivity contribution < 1.29 is 23.1 Å². The van der Waals surface area contributed by atoms with E-state index >= 15 is 0 Å². The van der Waals surface area contributed by atoms with Gasteiger partial charge in [0, 0.05) is 30.5 Å². The van der Waals surface area contributed by atoms with Crippen molar-refractivity contribution >= 4 is 17.5 Å². The number of hydrogen-bond acceptors (Lipinski definition) is 3. The van der Waals surface area contributed by atoms with E-state index in [1.165, 1.54) is 4.90 Å². The molecule has 1 aliphatic heterocycles. The second-order valence-electron chi connectivity index (χ2n) is 7.27. The van der Waals surface area contributed by atoms with Crippen molar-refractivity contribution in [3.63, 3.8) is 0 Å². The van der Waals surface area contributed by atoms with Crippen LogP contribution in [0.2, 0.25) is 0 Å². The van der Waals surface area contributed by atoms with E-state index in [2.05, 4.69) is 5.32 Å². The van der Waals surface area contributed by atoms with Gasteiger partial charge < -0.3 is 15.0 Å². The zero-order valence-corrected chi connectivity index (χ0v) is 16.5. The van der Waals surface area contributed by atoms with E-state index in [0.29, 0.717) is 18.4 Å². The highest BCUT2D eigenvalue weighted by atomic mass is 19.1. The Morgan fingerprint density at radius 3 is 2.55 bits per heavy atom. The fourth-order valence-electron chi connectivity index (χ4n) is 3.36. The van der Waals surface area contributed by atoms with E-state index in [1.807, 2.05) is 26.0 Å². The molecule has 1 atom stereocenters. The molecule has 0 saturated carbocycles. The molecular formula is C22H24F2N2O3. The van der Waals surface area contributed by atoms with Crippen LogP contribution in [0.25, 0.3) is 0 Å². The molecule has 0 unspecified atom stereocenters. The molecule has 7 heteroatoms. The van der Waals surface area contributed by atoms with Gasteiger partial charge in [-0.25, -0.2) is 8.78 Å². The number of hydrogen-bond donors (Lipinski definition) is 1. The van der Waals surface area contributed by atoms with Crippen molar-refractivity contribution in [1.82, 2.24) is 4.90 Å². The van der Waals surface area contributed by atoms with Crippen LogP contribution in [0.15, 0.2) is 36.4 Å². The second-order valence-corrected chi connectivity index (χ2v) is 7.27. The lowest BCUT2D eigenvalue weighted by Gasteiger charge is -2.25. The fraction of sp³-hybridized carbons (Fsp3) is 0.364. The van der Waals surface area contributed by atoms with Gasteiger partial charge in [0.2, 0.25) is 5.91 Å². The van der Waals surface area contributed by atoms with Crippen molar-refractivity contribution in [3.8, 4) is 0 Å². The molecule has 1 heterocycles. The molecule has 154 valence electrons. The van der Waals surface area contributed by atoms with Crippen LogP contribution < -0.4 is 5.32 Å². The summed E-state index contributed by atoms with van der Waals surface area (Å²) in [4.78, 5) is 26.8. The van der Waals surface area contributed by atoms with E-state index < -0.39 is 17.5 Å². The first-order chi connectivity index (χ1) is 13.8. The summed E-state index contributed by atoms with van der Waals surface area (Å²) in [7, 11) is 0. The van der Waals surface area contributed by atoms with Crippen LogP contribution in [0, 0.1) is 25.5 Å². The Labute approximate surface area is 168 Å². The molecular weight excluding hydrogens is 378 g/mol. The van der Waals surface area contributed by atoms with E-state index in [1.54, 1.807) is 6.07 Å². The van der Waals surface area contributed by atoms with Crippen LogP contribution in [0.4, 0.5) is 14.5 Å². The Balaban J connectivity index is 1.78. The van der Waals surface area contributed by atoms with Gasteiger partial charge in [-0.3, -0.25) is 9.59 Å². The molecule has 1 aliphatic rings. The van der Waals surface area contributed by atoms with E-state index in [-0.39, 0.29) is 30.7 Å². The van der Waals surface area contributed by atoms with Gasteiger partial charge >= 0.3 is 0 Å². The minimum Gasteiger partial charge on any atom is -0.376 e. The summed E-state index contributed by atoms with van der Waals surface area (Å²) in [5.74, 6) is -2.69. The highest BCUT2D eigenvalue weighted by Gasteiger charge is 2.26. The Bertz CT molecular complexity index is 891. The Morgan fingerprint density at radius 2 is 1.90 bits per heavy atom. The molecule has 29 heavy (non-hydrogen) atoms. The quantitative estimate of drug-likeness (QED) is 0.799. The lowest BCUT2D eigenvalue weighted by molar-refractivity contribution is -0.117. The van der Waals surface area contributed by atoms with Crippen LogP contribution in [0.1, 0.15) is 34.3 Å². The summed E-state index contributed by atoms with van der Waals surface area (Å²) >= 11 is 0. The van der Waals surface area contributed by atoms with Crippen LogP contribution >= 0.6 is 0 Å². The van der Waals surface area contributed by atoms with Gasteiger partial charge in [0.25, 0.3) is 5.91 Å². The molecule has 2 amide bonds. The number of aryl methyl sites for hydroxylation is 1. The van der Waals surface area contributed by atoms with Crippen LogP contribution in [-0.2, 0) is 9.53 Å². The van der Waals surface area contributed by atoms with Crippen LogP contribution in [0.3, 0.4) is 0 Å². The molecule has 5 nitrogen and oxygen atoms in total. The molecule has 0 aliphatic carbocycles. The standard InChI is InChI=1S/C22H24F2N2O3/c1-14-5-3-7-20(15(14)2)25-21(27)13-26(12-19-6-4-8-29-19)22(28)16-9-17(23)11-18(24)10-16/h3,5,7,9-11,19H,4,6,8,12-13H2,1-2H3,(H,25,27)/t19-/m1/s1. The van der Waals surface area contributed by atoms with Gasteiger partial charge in [-0.15, -0.1) is 0 Å². The maximum Gasteiger partial charge on any atom is 0.254 e. The number of halogens is 2. The highest BCUT2D eigenvalue weighted by molar-refractivity contribution is 5.99. The molecule has 1 saturated heterocycles. The van der Waals surface area contributed by atoms with Gasteiger partial charge in [0.1, 0.15) is 18.2 Å². The number of nitrogens with one attached hydrogen (secondary N) is 1. The third-order valence-electron chi connectivity index (χ3n) is 5.06. The van der Waals surface area contributed by atoms with E-state index in [4.69, 9.17) is 4.74 Å². The summed E-state index contributed by atoms with van der Waals surface area (Å²) in [6.07, 6.45) is 1.43. The summed E-state index contributed by atoms with van der Waals surface area (Å²) < 4.78 is 32.7. The third-order valence-corrected chi connectivity index (χ3v) is 5.06. The second kappa shape index (κ2) is 9.13. The van der Waals surface area contributed by atoms with Gasteiger partial charge in [-0.2, -0.15) is 0 Å². The van der Waals surface area contributed by atoms with Gasteiger partial charge in [0.05, 0.1) is 6.10 Å². The first-order valence-electron chi connectivity index (χ1n) is 9.56. The molecule has 2 aromatic carbocycles. The number of carbonyl (C=O) groups is 2. The third kappa shape index (κ3) is 5.38. The predicted octanol–water partition coefficient (Wildman–Crippen LogP) is 3.84. The van der Waals surface area contributed by atoms with Crippen LogP contribution in [0.5, 0.6) is 0 Å². The zero-order chi connectivity index (χ0) is 21.0. The summed E-state index contributed by atoms with van der Waals surface area (Å²) in [5, 5.41) is 2.81. The number of rotatable bonds is 6. The van der Waals surface area contributed by atoms with Gasteiger partial charge in [-0.1, -0.05) is 12.1 Å². The predicted molar refractivity (Wildman–Crippen MR) is 106 cm³/mol. The van der Waals surface area contributed by atoms with Crippen molar-refractivity contribution in [3.05, 3.63) is 64.7 Å². The maximum absolute atomic E-state index is 13.6. The number of ether oxygens (including phenoxy) is 1. The van der Waals surface area contributed by atoms with Crippen molar-refractivity contribution in [2.45, 2.75) is 32.8 Å². The smallest absolute Gasteiger partial charge is 0.254 e. The molecule has 0 aromatic heterocycles. The maximum atomic E-state index is 13.6. The first kappa shape index (κ1) is 20.9. The Kier molecular flexibility index (Phi) is 6.59. The molecule has 0 bridgehead atoms. The molecule has 1 fully saturated rings. The average molecular weight is 402 g/mol. The zero-order valence-electron chi connectivity index (χ0n) is 16.5. The number of amides is 2. The fourth-order valence-corrected chi connectivity index (χ4v) is 3.36. The van der Waals surface area contributed by atoms with Crippen molar-refractivity contribution in [2.75, 3.05) is 25.0 Å². The SMILES string of the molecule is Cc1cccc(NC(=O)CN(C[C@H]2CCCO2)C(=O)c2cc(F)cc(F)c2)c1C. The minimum atomic E-state index is -0.842. The topological polar surface area (TPSA) is 58.6 Å². The van der Waals surface area contributed by atoms with E-state index in [9.17, 15) is 18.4 Å². The Hall–Kier alpha value is -2.80.